The van der Waals surface area contributed by atoms with Crippen molar-refractivity contribution in [1.82, 2.24) is 9.97 Å². The number of nitrogens with one attached hydrogen (secondary N) is 1. The van der Waals surface area contributed by atoms with Crippen LogP contribution in [0.15, 0.2) is 6.07 Å². The zero-order chi connectivity index (χ0) is 15.1. The molecule has 0 saturated heterocycles. The van der Waals surface area contributed by atoms with Crippen LogP contribution in [-0.4, -0.2) is 43.4 Å². The van der Waals surface area contributed by atoms with Crippen molar-refractivity contribution in [2.45, 2.75) is 19.8 Å². The molecular weight excluding hydrogens is 310 g/mol. The van der Waals surface area contributed by atoms with E-state index < -0.39 is 0 Å². The quantitative estimate of drug-likeness (QED) is 0.564. The lowest BCUT2D eigenvalue weighted by Crippen LogP contribution is -2.09. The van der Waals surface area contributed by atoms with Gasteiger partial charge < -0.3 is 14.8 Å². The number of hydrogen-bond donors (Lipinski definition) is 1. The maximum absolute atomic E-state index is 5.98. The first-order valence-corrected chi connectivity index (χ1v) is 8.20. The molecule has 0 amide bonds. The third-order valence-corrected chi connectivity index (χ3v) is 4.30. The Labute approximate surface area is 133 Å². The molecule has 2 aromatic heterocycles. The second kappa shape index (κ2) is 8.48. The van der Waals surface area contributed by atoms with Crippen LogP contribution in [-0.2, 0) is 15.9 Å². The summed E-state index contributed by atoms with van der Waals surface area (Å²) in [5.74, 6) is 0.804. The molecule has 2 aromatic rings. The Hall–Kier alpha value is -0.950. The molecule has 7 heteroatoms. The van der Waals surface area contributed by atoms with Crippen molar-refractivity contribution < 1.29 is 9.47 Å². The SMILES string of the molecule is CCc1cc2c(NCCCOCCOC)nc(Cl)nc2s1. The molecule has 0 atom stereocenters. The molecule has 0 fully saturated rings. The van der Waals surface area contributed by atoms with Crippen molar-refractivity contribution >= 4 is 39.0 Å². The van der Waals surface area contributed by atoms with Crippen LogP contribution in [0.4, 0.5) is 5.82 Å². The maximum Gasteiger partial charge on any atom is 0.225 e. The lowest BCUT2D eigenvalue weighted by atomic mass is 10.3. The van der Waals surface area contributed by atoms with Gasteiger partial charge >= 0.3 is 0 Å². The van der Waals surface area contributed by atoms with Crippen LogP contribution in [0.1, 0.15) is 18.2 Å². The number of aryl methyl sites for hydroxylation is 1. The minimum atomic E-state index is 0.283. The molecule has 0 aliphatic carbocycles. The van der Waals surface area contributed by atoms with E-state index in [1.54, 1.807) is 18.4 Å². The molecule has 5 nitrogen and oxygen atoms in total. The molecule has 0 aromatic carbocycles. The molecule has 0 saturated carbocycles. The number of aromatic nitrogens is 2. The van der Waals surface area contributed by atoms with E-state index in [0.717, 1.165) is 35.4 Å². The Balaban J connectivity index is 1.90. The lowest BCUT2D eigenvalue weighted by Gasteiger charge is -2.07. The summed E-state index contributed by atoms with van der Waals surface area (Å²) in [7, 11) is 1.67. The van der Waals surface area contributed by atoms with Crippen LogP contribution < -0.4 is 5.32 Å². The number of fused-ring (bicyclic) bond motifs is 1. The van der Waals surface area contributed by atoms with Gasteiger partial charge in [0.2, 0.25) is 5.28 Å². The highest BCUT2D eigenvalue weighted by Gasteiger charge is 2.10. The summed E-state index contributed by atoms with van der Waals surface area (Å²) >= 11 is 7.64. The van der Waals surface area contributed by atoms with Gasteiger partial charge in [0.05, 0.1) is 18.6 Å². The normalized spacial score (nSPS) is 11.2. The molecule has 0 aliphatic heterocycles. The van der Waals surface area contributed by atoms with Gasteiger partial charge in [-0.25, -0.2) is 9.97 Å². The largest absolute Gasteiger partial charge is 0.382 e. The fourth-order valence-electron chi connectivity index (χ4n) is 1.88. The Morgan fingerprint density at radius 3 is 2.90 bits per heavy atom. The molecule has 21 heavy (non-hydrogen) atoms. The van der Waals surface area contributed by atoms with Gasteiger partial charge in [-0.2, -0.15) is 0 Å². The molecule has 0 spiro atoms. The highest BCUT2D eigenvalue weighted by Crippen LogP contribution is 2.30. The predicted octanol–water partition coefficient (Wildman–Crippen LogP) is 3.37. The predicted molar refractivity (Wildman–Crippen MR) is 87.6 cm³/mol. The summed E-state index contributed by atoms with van der Waals surface area (Å²) in [4.78, 5) is 10.8. The Kier molecular flexibility index (Phi) is 6.63. The average Bonchev–Trinajstić information content (AvgIpc) is 2.89. The Bertz CT molecular complexity index is 577. The summed E-state index contributed by atoms with van der Waals surface area (Å²) in [6.07, 6.45) is 1.89. The number of rotatable bonds is 9. The fraction of sp³-hybridized carbons (Fsp3) is 0.571. The zero-order valence-electron chi connectivity index (χ0n) is 12.3. The van der Waals surface area contributed by atoms with E-state index in [2.05, 4.69) is 28.3 Å². The number of halogens is 1. The van der Waals surface area contributed by atoms with Crippen LogP contribution in [0.5, 0.6) is 0 Å². The van der Waals surface area contributed by atoms with Crippen molar-refractivity contribution in [3.63, 3.8) is 0 Å². The van der Waals surface area contributed by atoms with Crippen molar-refractivity contribution in [2.24, 2.45) is 0 Å². The van der Waals surface area contributed by atoms with Crippen LogP contribution in [0.25, 0.3) is 10.2 Å². The van der Waals surface area contributed by atoms with Gasteiger partial charge in [-0.1, -0.05) is 6.92 Å². The first-order valence-electron chi connectivity index (χ1n) is 7.01. The van der Waals surface area contributed by atoms with E-state index in [-0.39, 0.29) is 5.28 Å². The third kappa shape index (κ3) is 4.78. The van der Waals surface area contributed by atoms with E-state index in [0.29, 0.717) is 19.8 Å². The molecule has 0 bridgehead atoms. The standard InChI is InChI=1S/C14H20ClN3O2S/c1-3-10-9-11-12(17-14(15)18-13(11)21-10)16-5-4-6-20-8-7-19-2/h9H,3-8H2,1-2H3,(H,16,17,18). The summed E-state index contributed by atoms with van der Waals surface area (Å²) in [6.45, 7) is 4.87. The van der Waals surface area contributed by atoms with E-state index in [1.165, 1.54) is 4.88 Å². The van der Waals surface area contributed by atoms with Crippen LogP contribution in [0.3, 0.4) is 0 Å². The topological polar surface area (TPSA) is 56.3 Å². The van der Waals surface area contributed by atoms with Gasteiger partial charge in [0.25, 0.3) is 0 Å². The zero-order valence-corrected chi connectivity index (χ0v) is 13.9. The number of methoxy groups -OCH3 is 1. The monoisotopic (exact) mass is 329 g/mol. The summed E-state index contributed by atoms with van der Waals surface area (Å²) in [6, 6.07) is 2.13. The van der Waals surface area contributed by atoms with E-state index >= 15 is 0 Å². The average molecular weight is 330 g/mol. The third-order valence-electron chi connectivity index (χ3n) is 2.95. The molecule has 2 heterocycles. The molecule has 1 N–H and O–H groups in total. The van der Waals surface area contributed by atoms with Crippen molar-refractivity contribution in [3.8, 4) is 0 Å². The maximum atomic E-state index is 5.98. The molecule has 116 valence electrons. The summed E-state index contributed by atoms with van der Waals surface area (Å²) in [5.41, 5.74) is 0. The van der Waals surface area contributed by atoms with Gasteiger partial charge in [-0.15, -0.1) is 11.3 Å². The Morgan fingerprint density at radius 1 is 1.29 bits per heavy atom. The molecule has 0 aliphatic rings. The lowest BCUT2D eigenvalue weighted by molar-refractivity contribution is 0.0705. The minimum absolute atomic E-state index is 0.283. The number of hydrogen-bond acceptors (Lipinski definition) is 6. The number of anilines is 1. The second-order valence-corrected chi connectivity index (χ2v) is 5.97. The highest BCUT2D eigenvalue weighted by atomic mass is 35.5. The van der Waals surface area contributed by atoms with Gasteiger partial charge in [0.1, 0.15) is 10.6 Å². The van der Waals surface area contributed by atoms with E-state index in [1.807, 2.05) is 0 Å². The Morgan fingerprint density at radius 2 is 2.14 bits per heavy atom. The van der Waals surface area contributed by atoms with Crippen molar-refractivity contribution in [1.29, 1.82) is 0 Å². The van der Waals surface area contributed by atoms with Gasteiger partial charge in [-0.05, 0) is 30.5 Å². The fourth-order valence-corrected chi connectivity index (χ4v) is 3.07. The van der Waals surface area contributed by atoms with E-state index in [4.69, 9.17) is 21.1 Å². The first kappa shape index (κ1) is 16.4. The van der Waals surface area contributed by atoms with Crippen molar-refractivity contribution in [3.05, 3.63) is 16.2 Å². The minimum Gasteiger partial charge on any atom is -0.382 e. The smallest absolute Gasteiger partial charge is 0.225 e. The van der Waals surface area contributed by atoms with E-state index in [9.17, 15) is 0 Å². The summed E-state index contributed by atoms with van der Waals surface area (Å²) < 4.78 is 10.3. The van der Waals surface area contributed by atoms with Crippen LogP contribution in [0.2, 0.25) is 5.28 Å². The molecule has 2 rings (SSSR count). The van der Waals surface area contributed by atoms with Crippen LogP contribution in [0, 0.1) is 0 Å². The molecule has 0 unspecified atom stereocenters. The number of ether oxygens (including phenoxy) is 2. The second-order valence-electron chi connectivity index (χ2n) is 4.51. The molecular formula is C14H20ClN3O2S. The van der Waals surface area contributed by atoms with Gasteiger partial charge in [-0.3, -0.25) is 0 Å². The number of thiophene rings is 1. The molecule has 0 radical (unpaired) electrons. The summed E-state index contributed by atoms with van der Waals surface area (Å²) in [5, 5.41) is 4.64. The van der Waals surface area contributed by atoms with Crippen LogP contribution >= 0.6 is 22.9 Å². The highest BCUT2D eigenvalue weighted by molar-refractivity contribution is 7.18. The van der Waals surface area contributed by atoms with Crippen molar-refractivity contribution in [2.75, 3.05) is 38.8 Å². The number of nitrogens with zero attached hydrogens (tertiary/aromatic N) is 2. The van der Waals surface area contributed by atoms with Gasteiger partial charge in [0.15, 0.2) is 0 Å². The van der Waals surface area contributed by atoms with Gasteiger partial charge in [0, 0.05) is 25.1 Å². The first-order chi connectivity index (χ1) is 10.2.